The summed E-state index contributed by atoms with van der Waals surface area (Å²) < 4.78 is 26.0. The van der Waals surface area contributed by atoms with Crippen LogP contribution in [0.3, 0.4) is 0 Å². The SMILES string of the molecule is CN(c1cccc(C#N)c1)S(=O)(=O)Cc1ccc(N)cc1. The zero-order valence-electron chi connectivity index (χ0n) is 11.5. The second-order valence-electron chi connectivity index (χ2n) is 4.63. The van der Waals surface area contributed by atoms with Crippen LogP contribution in [0.25, 0.3) is 0 Å². The van der Waals surface area contributed by atoms with E-state index in [1.54, 1.807) is 48.5 Å². The molecule has 6 heteroatoms. The number of rotatable bonds is 4. The second-order valence-corrected chi connectivity index (χ2v) is 6.63. The summed E-state index contributed by atoms with van der Waals surface area (Å²) in [6.07, 6.45) is 0. The molecule has 0 amide bonds. The lowest BCUT2D eigenvalue weighted by atomic mass is 10.2. The fraction of sp³-hybridized carbons (Fsp3) is 0.133. The Morgan fingerprint density at radius 2 is 1.86 bits per heavy atom. The normalized spacial score (nSPS) is 10.9. The van der Waals surface area contributed by atoms with Crippen molar-refractivity contribution in [2.75, 3.05) is 17.1 Å². The Labute approximate surface area is 124 Å². The van der Waals surface area contributed by atoms with Crippen molar-refractivity contribution in [2.24, 2.45) is 0 Å². The van der Waals surface area contributed by atoms with Crippen molar-refractivity contribution in [1.82, 2.24) is 0 Å². The van der Waals surface area contributed by atoms with Crippen LogP contribution < -0.4 is 10.0 Å². The summed E-state index contributed by atoms with van der Waals surface area (Å²) in [5.74, 6) is -0.124. The third kappa shape index (κ3) is 3.52. The molecule has 2 aromatic carbocycles. The van der Waals surface area contributed by atoms with Gasteiger partial charge in [0.1, 0.15) is 0 Å². The Hall–Kier alpha value is -2.52. The van der Waals surface area contributed by atoms with Gasteiger partial charge in [-0.1, -0.05) is 18.2 Å². The molecule has 0 spiro atoms. The van der Waals surface area contributed by atoms with E-state index in [0.29, 0.717) is 22.5 Å². The molecule has 0 saturated carbocycles. The highest BCUT2D eigenvalue weighted by atomic mass is 32.2. The van der Waals surface area contributed by atoms with Crippen molar-refractivity contribution in [3.8, 4) is 6.07 Å². The maximum absolute atomic E-state index is 12.4. The zero-order valence-corrected chi connectivity index (χ0v) is 12.3. The van der Waals surface area contributed by atoms with Gasteiger partial charge in [-0.3, -0.25) is 4.31 Å². The first-order valence-electron chi connectivity index (χ1n) is 6.23. The molecule has 0 aliphatic carbocycles. The maximum atomic E-state index is 12.4. The molecule has 0 aliphatic rings. The van der Waals surface area contributed by atoms with Crippen LogP contribution in [0.4, 0.5) is 11.4 Å². The average molecular weight is 301 g/mol. The zero-order chi connectivity index (χ0) is 15.5. The van der Waals surface area contributed by atoms with Crippen molar-refractivity contribution >= 4 is 21.4 Å². The summed E-state index contributed by atoms with van der Waals surface area (Å²) in [6, 6.07) is 15.2. The van der Waals surface area contributed by atoms with E-state index in [4.69, 9.17) is 11.0 Å². The van der Waals surface area contributed by atoms with Gasteiger partial charge < -0.3 is 5.73 Å². The van der Waals surface area contributed by atoms with Gasteiger partial charge in [-0.15, -0.1) is 0 Å². The Morgan fingerprint density at radius 1 is 1.19 bits per heavy atom. The van der Waals surface area contributed by atoms with Gasteiger partial charge in [0.05, 0.1) is 23.1 Å². The lowest BCUT2D eigenvalue weighted by Crippen LogP contribution is -2.27. The summed E-state index contributed by atoms with van der Waals surface area (Å²) in [6.45, 7) is 0. The number of nitrogens with zero attached hydrogens (tertiary/aromatic N) is 2. The monoisotopic (exact) mass is 301 g/mol. The molecule has 0 radical (unpaired) electrons. The Morgan fingerprint density at radius 3 is 2.48 bits per heavy atom. The number of nitriles is 1. The second kappa shape index (κ2) is 5.85. The van der Waals surface area contributed by atoms with Crippen molar-refractivity contribution in [3.05, 3.63) is 59.7 Å². The van der Waals surface area contributed by atoms with Crippen molar-refractivity contribution in [2.45, 2.75) is 5.75 Å². The van der Waals surface area contributed by atoms with Crippen molar-refractivity contribution in [3.63, 3.8) is 0 Å². The largest absolute Gasteiger partial charge is 0.399 e. The fourth-order valence-corrected chi connectivity index (χ4v) is 3.10. The molecule has 0 heterocycles. The lowest BCUT2D eigenvalue weighted by Gasteiger charge is -2.19. The third-order valence-electron chi connectivity index (χ3n) is 3.08. The Balaban J connectivity index is 2.26. The van der Waals surface area contributed by atoms with Crippen LogP contribution in [0.5, 0.6) is 0 Å². The number of hydrogen-bond acceptors (Lipinski definition) is 4. The molecule has 0 aliphatic heterocycles. The van der Waals surface area contributed by atoms with Crippen LogP contribution in [0.1, 0.15) is 11.1 Å². The van der Waals surface area contributed by atoms with Crippen molar-refractivity contribution < 1.29 is 8.42 Å². The Kier molecular flexibility index (Phi) is 4.15. The predicted octanol–water partition coefficient (Wildman–Crippen LogP) is 2.11. The van der Waals surface area contributed by atoms with Crippen LogP contribution in [-0.2, 0) is 15.8 Å². The number of sulfonamides is 1. The first kappa shape index (κ1) is 14.9. The first-order chi connectivity index (χ1) is 9.92. The van der Waals surface area contributed by atoms with E-state index in [1.165, 1.54) is 11.4 Å². The molecular formula is C15H15N3O2S. The summed E-state index contributed by atoms with van der Waals surface area (Å²) in [4.78, 5) is 0. The van der Waals surface area contributed by atoms with E-state index in [0.717, 1.165) is 0 Å². The molecule has 5 nitrogen and oxygen atoms in total. The van der Waals surface area contributed by atoms with Crippen LogP contribution in [-0.4, -0.2) is 15.5 Å². The molecule has 0 aromatic heterocycles. The fourth-order valence-electron chi connectivity index (χ4n) is 1.85. The molecule has 0 bridgehead atoms. The highest BCUT2D eigenvalue weighted by Crippen LogP contribution is 2.20. The molecular weight excluding hydrogens is 286 g/mol. The number of nitrogens with two attached hydrogens (primary N) is 1. The molecule has 2 N–H and O–H groups in total. The van der Waals surface area contributed by atoms with Crippen molar-refractivity contribution in [1.29, 1.82) is 5.26 Å². The van der Waals surface area contributed by atoms with E-state index in [1.807, 2.05) is 6.07 Å². The summed E-state index contributed by atoms with van der Waals surface area (Å²) in [5.41, 5.74) is 7.71. The minimum Gasteiger partial charge on any atom is -0.399 e. The summed E-state index contributed by atoms with van der Waals surface area (Å²) in [5, 5.41) is 8.88. The van der Waals surface area contributed by atoms with Gasteiger partial charge in [-0.05, 0) is 35.9 Å². The van der Waals surface area contributed by atoms with Gasteiger partial charge in [0, 0.05) is 12.7 Å². The average Bonchev–Trinajstić information content (AvgIpc) is 2.48. The lowest BCUT2D eigenvalue weighted by molar-refractivity contribution is 0.593. The number of benzene rings is 2. The van der Waals surface area contributed by atoms with Crippen LogP contribution >= 0.6 is 0 Å². The van der Waals surface area contributed by atoms with Gasteiger partial charge in [-0.2, -0.15) is 5.26 Å². The topological polar surface area (TPSA) is 87.2 Å². The highest BCUT2D eigenvalue weighted by Gasteiger charge is 2.19. The number of hydrogen-bond donors (Lipinski definition) is 1. The standard InChI is InChI=1S/C15H15N3O2S/c1-18(15-4-2-3-13(9-15)10-16)21(19,20)11-12-5-7-14(17)8-6-12/h2-9H,11,17H2,1H3. The molecule has 0 saturated heterocycles. The predicted molar refractivity (Wildman–Crippen MR) is 83.0 cm³/mol. The highest BCUT2D eigenvalue weighted by molar-refractivity contribution is 7.92. The molecule has 108 valence electrons. The molecule has 2 aromatic rings. The van der Waals surface area contributed by atoms with E-state index in [2.05, 4.69) is 0 Å². The molecule has 0 atom stereocenters. The quantitative estimate of drug-likeness (QED) is 0.876. The number of nitrogen functional groups attached to an aromatic ring is 1. The van der Waals surface area contributed by atoms with Gasteiger partial charge in [-0.25, -0.2) is 8.42 Å². The maximum Gasteiger partial charge on any atom is 0.239 e. The molecule has 2 rings (SSSR count). The summed E-state index contributed by atoms with van der Waals surface area (Å²) >= 11 is 0. The molecule has 21 heavy (non-hydrogen) atoms. The Bertz CT molecular complexity index is 777. The van der Waals surface area contributed by atoms with Crippen LogP contribution in [0.2, 0.25) is 0 Å². The minimum absolute atomic E-state index is 0.124. The van der Waals surface area contributed by atoms with Gasteiger partial charge in [0.15, 0.2) is 0 Å². The molecule has 0 unspecified atom stereocenters. The third-order valence-corrected chi connectivity index (χ3v) is 4.83. The summed E-state index contributed by atoms with van der Waals surface area (Å²) in [7, 11) is -2.05. The van der Waals surface area contributed by atoms with E-state index in [-0.39, 0.29) is 5.75 Å². The van der Waals surface area contributed by atoms with Gasteiger partial charge >= 0.3 is 0 Å². The van der Waals surface area contributed by atoms with E-state index < -0.39 is 10.0 Å². The molecule has 0 fully saturated rings. The van der Waals surface area contributed by atoms with E-state index >= 15 is 0 Å². The van der Waals surface area contributed by atoms with Crippen LogP contribution in [0, 0.1) is 11.3 Å². The van der Waals surface area contributed by atoms with E-state index in [9.17, 15) is 8.42 Å². The van der Waals surface area contributed by atoms with Gasteiger partial charge in [0.25, 0.3) is 0 Å². The van der Waals surface area contributed by atoms with Gasteiger partial charge in [0.2, 0.25) is 10.0 Å². The first-order valence-corrected chi connectivity index (χ1v) is 7.84. The smallest absolute Gasteiger partial charge is 0.239 e. The number of anilines is 2. The van der Waals surface area contributed by atoms with Crippen LogP contribution in [0.15, 0.2) is 48.5 Å². The minimum atomic E-state index is -3.52.